The highest BCUT2D eigenvalue weighted by Gasteiger charge is 2.37. The van der Waals surface area contributed by atoms with Crippen molar-refractivity contribution in [1.82, 2.24) is 5.32 Å². The standard InChI is InChI=1S/C11H14ClNO2/c1-15-11(6-13-7-11)5-8-3-2-4-9(12)10(8)14/h2-4,13-14H,5-7H2,1H3. The maximum absolute atomic E-state index is 9.77. The summed E-state index contributed by atoms with van der Waals surface area (Å²) in [6, 6.07) is 5.39. The summed E-state index contributed by atoms with van der Waals surface area (Å²) < 4.78 is 5.46. The molecule has 0 bridgehead atoms. The summed E-state index contributed by atoms with van der Waals surface area (Å²) in [4.78, 5) is 0. The van der Waals surface area contributed by atoms with Crippen LogP contribution in [0.1, 0.15) is 5.56 Å². The first-order valence-electron chi connectivity index (χ1n) is 4.89. The molecule has 0 spiro atoms. The zero-order valence-electron chi connectivity index (χ0n) is 8.59. The van der Waals surface area contributed by atoms with Crippen molar-refractivity contribution >= 4 is 11.6 Å². The summed E-state index contributed by atoms with van der Waals surface area (Å²) in [5, 5.41) is 13.3. The van der Waals surface area contributed by atoms with E-state index in [0.29, 0.717) is 11.4 Å². The molecule has 15 heavy (non-hydrogen) atoms. The van der Waals surface area contributed by atoms with E-state index in [-0.39, 0.29) is 11.4 Å². The Bertz CT molecular complexity index is 358. The van der Waals surface area contributed by atoms with Crippen LogP contribution in [0, 0.1) is 0 Å². The van der Waals surface area contributed by atoms with Gasteiger partial charge in [-0.15, -0.1) is 0 Å². The lowest BCUT2D eigenvalue weighted by Crippen LogP contribution is -2.61. The second kappa shape index (κ2) is 4.00. The first-order chi connectivity index (χ1) is 7.17. The topological polar surface area (TPSA) is 41.5 Å². The third kappa shape index (κ3) is 1.95. The quantitative estimate of drug-likeness (QED) is 0.824. The van der Waals surface area contributed by atoms with E-state index in [1.54, 1.807) is 13.2 Å². The summed E-state index contributed by atoms with van der Waals surface area (Å²) in [5.41, 5.74) is 0.660. The summed E-state index contributed by atoms with van der Waals surface area (Å²) in [6.07, 6.45) is 0.683. The zero-order valence-corrected chi connectivity index (χ0v) is 9.34. The number of rotatable bonds is 3. The number of ether oxygens (including phenoxy) is 1. The van der Waals surface area contributed by atoms with Gasteiger partial charge in [-0.05, 0) is 11.6 Å². The van der Waals surface area contributed by atoms with E-state index in [1.165, 1.54) is 0 Å². The number of methoxy groups -OCH3 is 1. The lowest BCUT2D eigenvalue weighted by Gasteiger charge is -2.41. The minimum absolute atomic E-state index is 0.169. The molecule has 1 aromatic rings. The minimum atomic E-state index is -0.178. The Morgan fingerprint density at radius 1 is 1.53 bits per heavy atom. The Morgan fingerprint density at radius 3 is 2.80 bits per heavy atom. The maximum atomic E-state index is 9.77. The summed E-state index contributed by atoms with van der Waals surface area (Å²) in [7, 11) is 1.70. The van der Waals surface area contributed by atoms with Gasteiger partial charge in [-0.2, -0.15) is 0 Å². The molecule has 1 saturated heterocycles. The van der Waals surface area contributed by atoms with Crippen molar-refractivity contribution in [2.45, 2.75) is 12.0 Å². The third-order valence-corrected chi connectivity index (χ3v) is 3.22. The van der Waals surface area contributed by atoms with Crippen LogP contribution >= 0.6 is 11.6 Å². The lowest BCUT2D eigenvalue weighted by atomic mass is 9.88. The highest BCUT2D eigenvalue weighted by Crippen LogP contribution is 2.31. The Balaban J connectivity index is 2.20. The number of nitrogens with one attached hydrogen (secondary N) is 1. The molecule has 0 amide bonds. The van der Waals surface area contributed by atoms with Gasteiger partial charge in [0.1, 0.15) is 5.75 Å². The van der Waals surface area contributed by atoms with Crippen LogP contribution in [0.15, 0.2) is 18.2 Å². The molecule has 1 fully saturated rings. The second-order valence-corrected chi connectivity index (χ2v) is 4.32. The molecule has 2 rings (SSSR count). The molecule has 1 aliphatic rings. The smallest absolute Gasteiger partial charge is 0.137 e. The fraction of sp³-hybridized carbons (Fsp3) is 0.455. The average Bonchev–Trinajstić information content (AvgIpc) is 2.18. The molecule has 0 unspecified atom stereocenters. The van der Waals surface area contributed by atoms with Gasteiger partial charge in [-0.1, -0.05) is 23.7 Å². The first kappa shape index (κ1) is 10.7. The van der Waals surface area contributed by atoms with Gasteiger partial charge in [0.05, 0.1) is 10.6 Å². The number of phenolic OH excluding ortho intramolecular Hbond substituents is 1. The van der Waals surface area contributed by atoms with Crippen molar-refractivity contribution in [3.05, 3.63) is 28.8 Å². The number of halogens is 1. The number of phenols is 1. The minimum Gasteiger partial charge on any atom is -0.506 e. The van der Waals surface area contributed by atoms with Crippen LogP contribution in [0.4, 0.5) is 0 Å². The molecule has 0 aromatic heterocycles. The van der Waals surface area contributed by atoms with Gasteiger partial charge in [-0.25, -0.2) is 0 Å². The molecule has 0 saturated carbocycles. The molecular formula is C11H14ClNO2. The Kier molecular flexibility index (Phi) is 2.87. The molecule has 1 heterocycles. The van der Waals surface area contributed by atoms with E-state index in [0.717, 1.165) is 18.7 Å². The molecule has 0 radical (unpaired) electrons. The lowest BCUT2D eigenvalue weighted by molar-refractivity contribution is -0.0505. The van der Waals surface area contributed by atoms with Crippen molar-refractivity contribution in [2.75, 3.05) is 20.2 Å². The van der Waals surface area contributed by atoms with Gasteiger partial charge >= 0.3 is 0 Å². The second-order valence-electron chi connectivity index (χ2n) is 3.92. The highest BCUT2D eigenvalue weighted by molar-refractivity contribution is 6.32. The predicted octanol–water partition coefficient (Wildman–Crippen LogP) is 1.58. The average molecular weight is 228 g/mol. The molecule has 2 N–H and O–H groups in total. The molecular weight excluding hydrogens is 214 g/mol. The molecule has 0 atom stereocenters. The van der Waals surface area contributed by atoms with Crippen molar-refractivity contribution < 1.29 is 9.84 Å². The van der Waals surface area contributed by atoms with Crippen LogP contribution in [0.2, 0.25) is 5.02 Å². The van der Waals surface area contributed by atoms with E-state index < -0.39 is 0 Å². The number of benzene rings is 1. The van der Waals surface area contributed by atoms with Crippen molar-refractivity contribution in [3.8, 4) is 5.75 Å². The van der Waals surface area contributed by atoms with Crippen LogP contribution in [0.5, 0.6) is 5.75 Å². The van der Waals surface area contributed by atoms with Gasteiger partial charge in [-0.3, -0.25) is 0 Å². The molecule has 1 aromatic carbocycles. The van der Waals surface area contributed by atoms with Gasteiger partial charge < -0.3 is 15.2 Å². The fourth-order valence-electron chi connectivity index (χ4n) is 1.80. The Morgan fingerprint density at radius 2 is 2.27 bits per heavy atom. The van der Waals surface area contributed by atoms with E-state index in [9.17, 15) is 5.11 Å². The number of hydrogen-bond acceptors (Lipinski definition) is 3. The Hall–Kier alpha value is -0.770. The van der Waals surface area contributed by atoms with Gasteiger partial charge in [0.25, 0.3) is 0 Å². The maximum Gasteiger partial charge on any atom is 0.137 e. The molecule has 82 valence electrons. The monoisotopic (exact) mass is 227 g/mol. The van der Waals surface area contributed by atoms with E-state index in [4.69, 9.17) is 16.3 Å². The Labute approximate surface area is 94.0 Å². The predicted molar refractivity (Wildman–Crippen MR) is 59.4 cm³/mol. The van der Waals surface area contributed by atoms with Crippen molar-refractivity contribution in [1.29, 1.82) is 0 Å². The van der Waals surface area contributed by atoms with Crippen LogP contribution < -0.4 is 5.32 Å². The van der Waals surface area contributed by atoms with E-state index in [2.05, 4.69) is 5.32 Å². The highest BCUT2D eigenvalue weighted by atomic mass is 35.5. The van der Waals surface area contributed by atoms with E-state index >= 15 is 0 Å². The molecule has 4 heteroatoms. The van der Waals surface area contributed by atoms with Crippen molar-refractivity contribution in [2.24, 2.45) is 0 Å². The number of para-hydroxylation sites is 1. The number of hydrogen-bond donors (Lipinski definition) is 2. The fourth-order valence-corrected chi connectivity index (χ4v) is 1.99. The summed E-state index contributed by atoms with van der Waals surface area (Å²) in [5.74, 6) is 0.169. The normalized spacial score (nSPS) is 18.5. The van der Waals surface area contributed by atoms with Crippen LogP contribution in [0.25, 0.3) is 0 Å². The van der Waals surface area contributed by atoms with Crippen molar-refractivity contribution in [3.63, 3.8) is 0 Å². The van der Waals surface area contributed by atoms with Crippen LogP contribution in [0.3, 0.4) is 0 Å². The number of aromatic hydroxyl groups is 1. The van der Waals surface area contributed by atoms with Gasteiger partial charge in [0.15, 0.2) is 0 Å². The zero-order chi connectivity index (χ0) is 10.9. The van der Waals surface area contributed by atoms with Crippen LogP contribution in [-0.4, -0.2) is 30.9 Å². The SMILES string of the molecule is COC1(Cc2cccc(Cl)c2O)CNC1. The van der Waals surface area contributed by atoms with Crippen LogP contribution in [-0.2, 0) is 11.2 Å². The third-order valence-electron chi connectivity index (χ3n) is 2.91. The largest absolute Gasteiger partial charge is 0.506 e. The summed E-state index contributed by atoms with van der Waals surface area (Å²) >= 11 is 5.84. The molecule has 1 aliphatic heterocycles. The summed E-state index contributed by atoms with van der Waals surface area (Å²) in [6.45, 7) is 1.63. The molecule has 0 aliphatic carbocycles. The van der Waals surface area contributed by atoms with E-state index in [1.807, 2.05) is 12.1 Å². The first-order valence-corrected chi connectivity index (χ1v) is 5.27. The van der Waals surface area contributed by atoms with Gasteiger partial charge in [0, 0.05) is 26.6 Å². The molecule has 3 nitrogen and oxygen atoms in total. The van der Waals surface area contributed by atoms with Gasteiger partial charge in [0.2, 0.25) is 0 Å².